The minimum absolute atomic E-state index is 0.242. The Labute approximate surface area is 154 Å². The predicted octanol–water partition coefficient (Wildman–Crippen LogP) is 5.40. The van der Waals surface area contributed by atoms with E-state index in [0.717, 1.165) is 11.3 Å². The Hall–Kier alpha value is -2.79. The molecule has 0 fully saturated rings. The van der Waals surface area contributed by atoms with Crippen LogP contribution in [-0.2, 0) is 10.0 Å². The van der Waals surface area contributed by atoms with Crippen molar-refractivity contribution in [2.75, 3.05) is 4.72 Å². The molecule has 0 unspecified atom stereocenters. The summed E-state index contributed by atoms with van der Waals surface area (Å²) in [4.78, 5) is 0.242. The molecule has 0 saturated heterocycles. The largest absolute Gasteiger partial charge is 0.457 e. The van der Waals surface area contributed by atoms with Crippen LogP contribution in [0.3, 0.4) is 0 Å². The molecule has 0 aliphatic carbocycles. The summed E-state index contributed by atoms with van der Waals surface area (Å²) in [7, 11) is -3.62. The Morgan fingerprint density at radius 2 is 1.35 bits per heavy atom. The Morgan fingerprint density at radius 3 is 1.92 bits per heavy atom. The predicted molar refractivity (Wildman–Crippen MR) is 104 cm³/mol. The van der Waals surface area contributed by atoms with E-state index in [4.69, 9.17) is 4.74 Å². The van der Waals surface area contributed by atoms with Crippen LogP contribution < -0.4 is 9.46 Å². The second-order valence-corrected chi connectivity index (χ2v) is 7.95. The van der Waals surface area contributed by atoms with Crippen molar-refractivity contribution in [3.05, 3.63) is 84.4 Å². The molecule has 0 spiro atoms. The van der Waals surface area contributed by atoms with Crippen LogP contribution in [0.15, 0.2) is 83.8 Å². The van der Waals surface area contributed by atoms with Gasteiger partial charge in [0.1, 0.15) is 11.5 Å². The number of para-hydroxylation sites is 1. The third kappa shape index (κ3) is 4.43. The summed E-state index contributed by atoms with van der Waals surface area (Å²) in [5.41, 5.74) is 1.59. The van der Waals surface area contributed by atoms with E-state index in [2.05, 4.69) is 18.6 Å². The van der Waals surface area contributed by atoms with Gasteiger partial charge in [-0.05, 0) is 60.0 Å². The van der Waals surface area contributed by atoms with Crippen LogP contribution in [0.25, 0.3) is 0 Å². The van der Waals surface area contributed by atoms with E-state index in [0.29, 0.717) is 17.4 Å². The standard InChI is InChI=1S/C21H21NO3S/c1-16(2)17-8-14-21(15-9-17)26(23,24)22-18-10-12-20(13-11-18)25-19-6-4-3-5-7-19/h3-16,22H,1-2H3. The fraction of sp³-hybridized carbons (Fsp3) is 0.143. The van der Waals surface area contributed by atoms with Gasteiger partial charge in [-0.2, -0.15) is 0 Å². The van der Waals surface area contributed by atoms with Crippen molar-refractivity contribution in [1.29, 1.82) is 0 Å². The summed E-state index contributed by atoms with van der Waals surface area (Å²) in [5.74, 6) is 1.73. The van der Waals surface area contributed by atoms with E-state index in [1.807, 2.05) is 42.5 Å². The molecule has 0 bridgehead atoms. The SMILES string of the molecule is CC(C)c1ccc(S(=O)(=O)Nc2ccc(Oc3ccccc3)cc2)cc1. The number of benzene rings is 3. The summed E-state index contributed by atoms with van der Waals surface area (Å²) in [6.07, 6.45) is 0. The van der Waals surface area contributed by atoms with Crippen LogP contribution >= 0.6 is 0 Å². The molecular weight excluding hydrogens is 346 g/mol. The fourth-order valence-corrected chi connectivity index (χ4v) is 3.52. The average Bonchev–Trinajstić information content (AvgIpc) is 2.64. The van der Waals surface area contributed by atoms with Crippen LogP contribution in [0, 0.1) is 0 Å². The van der Waals surface area contributed by atoms with E-state index in [1.54, 1.807) is 36.4 Å². The monoisotopic (exact) mass is 367 g/mol. The summed E-state index contributed by atoms with van der Waals surface area (Å²) in [5, 5.41) is 0. The molecule has 26 heavy (non-hydrogen) atoms. The van der Waals surface area contributed by atoms with E-state index in [1.165, 1.54) is 0 Å². The van der Waals surface area contributed by atoms with Crippen LogP contribution in [0.5, 0.6) is 11.5 Å². The summed E-state index contributed by atoms with van der Waals surface area (Å²) in [6.45, 7) is 4.14. The highest BCUT2D eigenvalue weighted by molar-refractivity contribution is 7.92. The highest BCUT2D eigenvalue weighted by Crippen LogP contribution is 2.24. The number of hydrogen-bond donors (Lipinski definition) is 1. The first-order chi connectivity index (χ1) is 12.4. The van der Waals surface area contributed by atoms with Crippen molar-refractivity contribution in [1.82, 2.24) is 0 Å². The number of sulfonamides is 1. The number of rotatable bonds is 6. The number of nitrogens with one attached hydrogen (secondary N) is 1. The molecule has 3 aromatic carbocycles. The van der Waals surface area contributed by atoms with Crippen LogP contribution in [0.1, 0.15) is 25.3 Å². The van der Waals surface area contributed by atoms with Crippen molar-refractivity contribution in [2.24, 2.45) is 0 Å². The van der Waals surface area contributed by atoms with Gasteiger partial charge in [0.15, 0.2) is 0 Å². The number of anilines is 1. The molecule has 1 N–H and O–H groups in total. The lowest BCUT2D eigenvalue weighted by Gasteiger charge is -2.11. The maximum atomic E-state index is 12.5. The molecule has 0 atom stereocenters. The zero-order valence-electron chi connectivity index (χ0n) is 14.7. The van der Waals surface area contributed by atoms with E-state index >= 15 is 0 Å². The lowest BCUT2D eigenvalue weighted by molar-refractivity contribution is 0.483. The Morgan fingerprint density at radius 1 is 0.769 bits per heavy atom. The van der Waals surface area contributed by atoms with E-state index < -0.39 is 10.0 Å². The molecule has 0 aromatic heterocycles. The molecular formula is C21H21NO3S. The zero-order chi connectivity index (χ0) is 18.6. The van der Waals surface area contributed by atoms with Gasteiger partial charge in [-0.25, -0.2) is 8.42 Å². The molecule has 0 aliphatic heterocycles. The normalized spacial score (nSPS) is 11.3. The summed E-state index contributed by atoms with van der Waals surface area (Å²) < 4.78 is 33.3. The highest BCUT2D eigenvalue weighted by Gasteiger charge is 2.14. The van der Waals surface area contributed by atoms with Gasteiger partial charge in [-0.3, -0.25) is 4.72 Å². The molecule has 0 aliphatic rings. The lowest BCUT2D eigenvalue weighted by Crippen LogP contribution is -2.12. The number of ether oxygens (including phenoxy) is 1. The second-order valence-electron chi connectivity index (χ2n) is 6.27. The quantitative estimate of drug-likeness (QED) is 0.634. The smallest absolute Gasteiger partial charge is 0.261 e. The molecule has 0 amide bonds. The first-order valence-electron chi connectivity index (χ1n) is 8.40. The van der Waals surface area contributed by atoms with Crippen molar-refractivity contribution in [2.45, 2.75) is 24.7 Å². The van der Waals surface area contributed by atoms with Crippen LogP contribution in [-0.4, -0.2) is 8.42 Å². The Balaban J connectivity index is 1.71. The minimum Gasteiger partial charge on any atom is -0.457 e. The minimum atomic E-state index is -3.62. The van der Waals surface area contributed by atoms with Crippen LogP contribution in [0.2, 0.25) is 0 Å². The fourth-order valence-electron chi connectivity index (χ4n) is 2.46. The molecule has 134 valence electrons. The molecule has 3 rings (SSSR count). The lowest BCUT2D eigenvalue weighted by atomic mass is 10.0. The van der Waals surface area contributed by atoms with Gasteiger partial charge in [0.05, 0.1) is 4.90 Å². The zero-order valence-corrected chi connectivity index (χ0v) is 15.5. The van der Waals surface area contributed by atoms with Gasteiger partial charge >= 0.3 is 0 Å². The molecule has 4 nitrogen and oxygen atoms in total. The molecule has 0 saturated carbocycles. The first-order valence-corrected chi connectivity index (χ1v) is 9.88. The summed E-state index contributed by atoms with van der Waals surface area (Å²) in [6, 6.07) is 23.2. The first kappa shape index (κ1) is 18.0. The van der Waals surface area contributed by atoms with E-state index in [-0.39, 0.29) is 4.90 Å². The van der Waals surface area contributed by atoms with Gasteiger partial charge in [-0.1, -0.05) is 44.2 Å². The highest BCUT2D eigenvalue weighted by atomic mass is 32.2. The third-order valence-corrected chi connectivity index (χ3v) is 5.34. The van der Waals surface area contributed by atoms with E-state index in [9.17, 15) is 8.42 Å². The van der Waals surface area contributed by atoms with Gasteiger partial charge < -0.3 is 4.74 Å². The maximum absolute atomic E-state index is 12.5. The van der Waals surface area contributed by atoms with Gasteiger partial charge in [0.2, 0.25) is 0 Å². The average molecular weight is 367 g/mol. The Kier molecular flexibility index (Phi) is 5.28. The molecule has 0 heterocycles. The maximum Gasteiger partial charge on any atom is 0.261 e. The molecule has 0 radical (unpaired) electrons. The van der Waals surface area contributed by atoms with Crippen molar-refractivity contribution in [3.8, 4) is 11.5 Å². The van der Waals surface area contributed by atoms with Gasteiger partial charge in [-0.15, -0.1) is 0 Å². The van der Waals surface area contributed by atoms with Crippen molar-refractivity contribution >= 4 is 15.7 Å². The van der Waals surface area contributed by atoms with Crippen LogP contribution in [0.4, 0.5) is 5.69 Å². The second kappa shape index (κ2) is 7.62. The van der Waals surface area contributed by atoms with Crippen molar-refractivity contribution < 1.29 is 13.2 Å². The van der Waals surface area contributed by atoms with Gasteiger partial charge in [0, 0.05) is 5.69 Å². The molecule has 3 aromatic rings. The Bertz CT molecular complexity index is 948. The topological polar surface area (TPSA) is 55.4 Å². The molecule has 5 heteroatoms. The summed E-state index contributed by atoms with van der Waals surface area (Å²) >= 11 is 0. The number of hydrogen-bond acceptors (Lipinski definition) is 3. The van der Waals surface area contributed by atoms with Crippen molar-refractivity contribution in [3.63, 3.8) is 0 Å². The third-order valence-electron chi connectivity index (χ3n) is 3.94. The van der Waals surface area contributed by atoms with Gasteiger partial charge in [0.25, 0.3) is 10.0 Å².